The zero-order valence-electron chi connectivity index (χ0n) is 11.2. The maximum absolute atomic E-state index is 11.6. The van der Waals surface area contributed by atoms with Crippen molar-refractivity contribution in [3.8, 4) is 0 Å². The van der Waals surface area contributed by atoms with E-state index in [-0.39, 0.29) is 0 Å². The standard InChI is InChI=1S/C11H19NO6S/c1-11(2,3)18-9(13)6-8(10(14)15)12-19(16,17)7-4-5-7/h7-8,12H,4-6H2,1-3H3,(H,14,15)/t8-/m0/s1. The van der Waals surface area contributed by atoms with Crippen LogP contribution in [0.2, 0.25) is 0 Å². The number of carboxylic acids is 1. The molecule has 7 nitrogen and oxygen atoms in total. The highest BCUT2D eigenvalue weighted by molar-refractivity contribution is 7.90. The molecule has 1 rings (SSSR count). The summed E-state index contributed by atoms with van der Waals surface area (Å²) in [7, 11) is -3.66. The van der Waals surface area contributed by atoms with E-state index in [1.54, 1.807) is 20.8 Å². The molecule has 0 amide bonds. The van der Waals surface area contributed by atoms with Crippen molar-refractivity contribution in [2.24, 2.45) is 0 Å². The van der Waals surface area contributed by atoms with Crippen molar-refractivity contribution in [3.05, 3.63) is 0 Å². The number of hydrogen-bond donors (Lipinski definition) is 2. The molecule has 0 spiro atoms. The Morgan fingerprint density at radius 3 is 2.26 bits per heavy atom. The first-order chi connectivity index (χ1) is 8.51. The zero-order chi connectivity index (χ0) is 14.8. The van der Waals surface area contributed by atoms with Gasteiger partial charge in [-0.25, -0.2) is 13.1 Å². The second-order valence-corrected chi connectivity index (χ2v) is 7.54. The molecule has 1 aliphatic carbocycles. The third-order valence-electron chi connectivity index (χ3n) is 2.36. The van der Waals surface area contributed by atoms with E-state index >= 15 is 0 Å². The van der Waals surface area contributed by atoms with E-state index in [1.165, 1.54) is 0 Å². The number of sulfonamides is 1. The van der Waals surface area contributed by atoms with Gasteiger partial charge in [0.1, 0.15) is 11.6 Å². The lowest BCUT2D eigenvalue weighted by Crippen LogP contribution is -2.44. The van der Waals surface area contributed by atoms with Gasteiger partial charge in [-0.05, 0) is 33.6 Å². The summed E-state index contributed by atoms with van der Waals surface area (Å²) in [4.78, 5) is 22.5. The molecule has 0 saturated heterocycles. The Morgan fingerprint density at radius 2 is 1.89 bits per heavy atom. The fourth-order valence-electron chi connectivity index (χ4n) is 1.40. The number of nitrogens with one attached hydrogen (secondary N) is 1. The van der Waals surface area contributed by atoms with Crippen molar-refractivity contribution < 1.29 is 27.9 Å². The first kappa shape index (κ1) is 15.9. The van der Waals surface area contributed by atoms with Gasteiger partial charge in [-0.1, -0.05) is 0 Å². The van der Waals surface area contributed by atoms with Crippen LogP contribution in [0.4, 0.5) is 0 Å². The third-order valence-corrected chi connectivity index (χ3v) is 4.32. The van der Waals surface area contributed by atoms with Gasteiger partial charge in [-0.3, -0.25) is 9.59 Å². The molecule has 0 bridgehead atoms. The molecule has 1 saturated carbocycles. The van der Waals surface area contributed by atoms with Crippen LogP contribution < -0.4 is 4.72 Å². The van der Waals surface area contributed by atoms with Crippen molar-refractivity contribution in [2.75, 3.05) is 0 Å². The van der Waals surface area contributed by atoms with Gasteiger partial charge in [0, 0.05) is 0 Å². The Morgan fingerprint density at radius 1 is 1.37 bits per heavy atom. The number of aliphatic carboxylic acids is 1. The molecule has 1 fully saturated rings. The van der Waals surface area contributed by atoms with E-state index in [0.717, 1.165) is 0 Å². The van der Waals surface area contributed by atoms with Crippen LogP contribution >= 0.6 is 0 Å². The van der Waals surface area contributed by atoms with Crippen LogP contribution in [-0.4, -0.2) is 42.4 Å². The van der Waals surface area contributed by atoms with E-state index < -0.39 is 45.3 Å². The molecule has 0 aliphatic heterocycles. The molecule has 1 atom stereocenters. The van der Waals surface area contributed by atoms with Gasteiger partial charge in [0.25, 0.3) is 0 Å². The quantitative estimate of drug-likeness (QED) is 0.679. The van der Waals surface area contributed by atoms with Crippen molar-refractivity contribution in [1.29, 1.82) is 0 Å². The average molecular weight is 293 g/mol. The number of carboxylic acid groups (broad SMARTS) is 1. The maximum atomic E-state index is 11.6. The molecule has 0 radical (unpaired) electrons. The van der Waals surface area contributed by atoms with Gasteiger partial charge in [-0.15, -0.1) is 0 Å². The summed E-state index contributed by atoms with van der Waals surface area (Å²) in [6, 6.07) is -1.49. The van der Waals surface area contributed by atoms with Gasteiger partial charge in [0.15, 0.2) is 0 Å². The van der Waals surface area contributed by atoms with Crippen LogP contribution in [0.5, 0.6) is 0 Å². The van der Waals surface area contributed by atoms with Gasteiger partial charge in [0.05, 0.1) is 11.7 Å². The lowest BCUT2D eigenvalue weighted by atomic mass is 10.2. The first-order valence-corrected chi connectivity index (χ1v) is 7.52. The molecule has 8 heteroatoms. The summed E-state index contributed by atoms with van der Waals surface area (Å²) in [6.07, 6.45) is 0.515. The highest BCUT2D eigenvalue weighted by Crippen LogP contribution is 2.27. The maximum Gasteiger partial charge on any atom is 0.322 e. The zero-order valence-corrected chi connectivity index (χ0v) is 12.0. The van der Waals surface area contributed by atoms with Crippen LogP contribution in [0, 0.1) is 0 Å². The lowest BCUT2D eigenvalue weighted by molar-refractivity contribution is -0.158. The van der Waals surface area contributed by atoms with Crippen molar-refractivity contribution in [2.45, 2.75) is 56.9 Å². The SMILES string of the molecule is CC(C)(C)OC(=O)C[C@H](NS(=O)(=O)C1CC1)C(=O)O. The summed E-state index contributed by atoms with van der Waals surface area (Å²) < 4.78 is 30.3. The second kappa shape index (κ2) is 5.46. The smallest absolute Gasteiger partial charge is 0.322 e. The highest BCUT2D eigenvalue weighted by Gasteiger charge is 2.39. The Bertz CT molecular complexity index is 460. The molecule has 1 aliphatic rings. The van der Waals surface area contributed by atoms with Crippen LogP contribution in [0.15, 0.2) is 0 Å². The van der Waals surface area contributed by atoms with Gasteiger partial charge < -0.3 is 9.84 Å². The third kappa shape index (κ3) is 5.56. The van der Waals surface area contributed by atoms with Crippen LogP contribution in [0.3, 0.4) is 0 Å². The summed E-state index contributed by atoms with van der Waals surface area (Å²) in [5, 5.41) is 8.42. The normalized spacial score (nSPS) is 17.8. The number of esters is 1. The Hall–Kier alpha value is -1.15. The second-order valence-electron chi connectivity index (χ2n) is 5.54. The molecule has 2 N–H and O–H groups in total. The molecule has 19 heavy (non-hydrogen) atoms. The van der Waals surface area contributed by atoms with Crippen LogP contribution in [-0.2, 0) is 24.3 Å². The Labute approximate surface area is 112 Å². The van der Waals surface area contributed by atoms with E-state index in [1.807, 2.05) is 4.72 Å². The van der Waals surface area contributed by atoms with Crippen molar-refractivity contribution >= 4 is 22.0 Å². The number of rotatable bonds is 6. The van der Waals surface area contributed by atoms with Gasteiger partial charge in [-0.2, -0.15) is 0 Å². The lowest BCUT2D eigenvalue weighted by Gasteiger charge is -2.21. The van der Waals surface area contributed by atoms with Gasteiger partial charge in [0.2, 0.25) is 10.0 Å². The minimum Gasteiger partial charge on any atom is -0.480 e. The summed E-state index contributed by atoms with van der Waals surface area (Å²) in [5.74, 6) is -2.14. The largest absolute Gasteiger partial charge is 0.480 e. The van der Waals surface area contributed by atoms with Crippen molar-refractivity contribution in [1.82, 2.24) is 4.72 Å². The first-order valence-electron chi connectivity index (χ1n) is 5.97. The summed E-state index contributed by atoms with van der Waals surface area (Å²) in [5.41, 5.74) is -0.741. The molecule has 0 aromatic carbocycles. The Kier molecular flexibility index (Phi) is 4.57. The molecular formula is C11H19NO6S. The van der Waals surface area contributed by atoms with Crippen LogP contribution in [0.1, 0.15) is 40.0 Å². The molecule has 0 aromatic heterocycles. The molecule has 0 heterocycles. The predicted octanol–water partition coefficient (Wildman–Crippen LogP) is 0.253. The topological polar surface area (TPSA) is 110 Å². The van der Waals surface area contributed by atoms with E-state index in [0.29, 0.717) is 12.8 Å². The molecule has 0 aromatic rings. The Balaban J connectivity index is 2.63. The average Bonchev–Trinajstić information content (AvgIpc) is 2.95. The summed E-state index contributed by atoms with van der Waals surface area (Å²) in [6.45, 7) is 4.94. The van der Waals surface area contributed by atoms with Gasteiger partial charge >= 0.3 is 11.9 Å². The minimum atomic E-state index is -3.66. The monoisotopic (exact) mass is 293 g/mol. The number of carbonyl (C=O) groups is 2. The number of hydrogen-bond acceptors (Lipinski definition) is 5. The fraction of sp³-hybridized carbons (Fsp3) is 0.818. The highest BCUT2D eigenvalue weighted by atomic mass is 32.2. The fourth-order valence-corrected chi connectivity index (χ4v) is 2.93. The number of ether oxygens (including phenoxy) is 1. The molecular weight excluding hydrogens is 274 g/mol. The minimum absolute atomic E-state index is 0.522. The van der Waals surface area contributed by atoms with Crippen LogP contribution in [0.25, 0.3) is 0 Å². The predicted molar refractivity (Wildman–Crippen MR) is 67.0 cm³/mol. The van der Waals surface area contributed by atoms with E-state index in [9.17, 15) is 18.0 Å². The van der Waals surface area contributed by atoms with E-state index in [2.05, 4.69) is 0 Å². The summed E-state index contributed by atoms with van der Waals surface area (Å²) >= 11 is 0. The molecule has 0 unspecified atom stereocenters. The number of carbonyl (C=O) groups excluding carboxylic acids is 1. The van der Waals surface area contributed by atoms with Crippen molar-refractivity contribution in [3.63, 3.8) is 0 Å². The molecule has 110 valence electrons. The van der Waals surface area contributed by atoms with E-state index in [4.69, 9.17) is 9.84 Å².